The SMILES string of the molecule is C[C@@H](SCC(=O)Nc1ccc(F)cc1)C(=O)OCc1cccc2ccccc12. The molecule has 3 aromatic carbocycles. The standard InChI is InChI=1S/C22H20FNO3S/c1-15(28-14-21(25)24-19-11-9-18(23)10-12-19)22(26)27-13-17-7-4-6-16-5-2-3-8-20(16)17/h2-12,15H,13-14H2,1H3,(H,24,25)/t15-/m1/s1. The van der Waals surface area contributed by atoms with Crippen molar-refractivity contribution in [1.82, 2.24) is 0 Å². The van der Waals surface area contributed by atoms with Crippen LogP contribution in [0, 0.1) is 5.82 Å². The number of carbonyl (C=O) groups excluding carboxylic acids is 2. The van der Waals surface area contributed by atoms with Crippen LogP contribution in [0.5, 0.6) is 0 Å². The molecular formula is C22H20FNO3S. The number of rotatable bonds is 7. The fraction of sp³-hybridized carbons (Fsp3) is 0.182. The van der Waals surface area contributed by atoms with Gasteiger partial charge in [0, 0.05) is 5.69 Å². The molecule has 3 rings (SSSR count). The summed E-state index contributed by atoms with van der Waals surface area (Å²) in [5.74, 6) is -0.894. The van der Waals surface area contributed by atoms with Gasteiger partial charge in [0.1, 0.15) is 17.7 Å². The first-order valence-corrected chi connectivity index (χ1v) is 9.88. The van der Waals surface area contributed by atoms with Crippen LogP contribution in [0.2, 0.25) is 0 Å². The summed E-state index contributed by atoms with van der Waals surface area (Å²) in [7, 11) is 0. The maximum absolute atomic E-state index is 12.9. The van der Waals surface area contributed by atoms with E-state index in [4.69, 9.17) is 4.74 Å². The summed E-state index contributed by atoms with van der Waals surface area (Å²) in [6.07, 6.45) is 0. The van der Waals surface area contributed by atoms with E-state index in [1.165, 1.54) is 36.0 Å². The molecule has 1 atom stereocenters. The highest BCUT2D eigenvalue weighted by Crippen LogP contribution is 2.20. The van der Waals surface area contributed by atoms with E-state index in [0.29, 0.717) is 5.69 Å². The molecule has 0 fully saturated rings. The first kappa shape index (κ1) is 19.9. The third-order valence-corrected chi connectivity index (χ3v) is 5.30. The number of esters is 1. The number of amides is 1. The van der Waals surface area contributed by atoms with Gasteiger partial charge < -0.3 is 10.1 Å². The molecule has 0 aliphatic rings. The van der Waals surface area contributed by atoms with Crippen molar-refractivity contribution in [3.05, 3.63) is 78.1 Å². The van der Waals surface area contributed by atoms with E-state index in [1.54, 1.807) is 6.92 Å². The maximum atomic E-state index is 12.9. The van der Waals surface area contributed by atoms with Crippen molar-refractivity contribution in [2.24, 2.45) is 0 Å². The predicted molar refractivity (Wildman–Crippen MR) is 111 cm³/mol. The Balaban J connectivity index is 1.47. The fourth-order valence-corrected chi connectivity index (χ4v) is 3.36. The number of thioether (sulfide) groups is 1. The van der Waals surface area contributed by atoms with Gasteiger partial charge in [0.25, 0.3) is 0 Å². The molecule has 28 heavy (non-hydrogen) atoms. The second-order valence-electron chi connectivity index (χ2n) is 6.25. The van der Waals surface area contributed by atoms with Crippen molar-refractivity contribution in [3.63, 3.8) is 0 Å². The third-order valence-electron chi connectivity index (χ3n) is 4.17. The predicted octanol–water partition coefficient (Wildman–Crippen LogP) is 4.78. The van der Waals surface area contributed by atoms with Gasteiger partial charge in [-0.15, -0.1) is 11.8 Å². The Kier molecular flexibility index (Phi) is 6.66. The number of fused-ring (bicyclic) bond motifs is 1. The van der Waals surface area contributed by atoms with Gasteiger partial charge in [-0.2, -0.15) is 0 Å². The molecule has 0 saturated carbocycles. The molecule has 0 heterocycles. The van der Waals surface area contributed by atoms with E-state index < -0.39 is 5.25 Å². The minimum absolute atomic E-state index is 0.0991. The molecule has 6 heteroatoms. The number of hydrogen-bond donors (Lipinski definition) is 1. The smallest absolute Gasteiger partial charge is 0.319 e. The zero-order chi connectivity index (χ0) is 19.9. The number of hydrogen-bond acceptors (Lipinski definition) is 4. The van der Waals surface area contributed by atoms with Crippen molar-refractivity contribution in [3.8, 4) is 0 Å². The molecule has 0 spiro atoms. The van der Waals surface area contributed by atoms with Crippen LogP contribution >= 0.6 is 11.8 Å². The van der Waals surface area contributed by atoms with Gasteiger partial charge in [-0.25, -0.2) is 4.39 Å². The number of carbonyl (C=O) groups is 2. The summed E-state index contributed by atoms with van der Waals surface area (Å²) < 4.78 is 18.3. The molecule has 1 N–H and O–H groups in total. The fourth-order valence-electron chi connectivity index (χ4n) is 2.68. The Bertz CT molecular complexity index is 970. The largest absolute Gasteiger partial charge is 0.460 e. The lowest BCUT2D eigenvalue weighted by Crippen LogP contribution is -2.21. The lowest BCUT2D eigenvalue weighted by Gasteiger charge is -2.12. The highest BCUT2D eigenvalue weighted by molar-refractivity contribution is 8.01. The van der Waals surface area contributed by atoms with E-state index in [2.05, 4.69) is 5.32 Å². The first-order chi connectivity index (χ1) is 13.5. The first-order valence-electron chi connectivity index (χ1n) is 8.83. The van der Waals surface area contributed by atoms with Gasteiger partial charge >= 0.3 is 5.97 Å². The minimum atomic E-state index is -0.478. The number of ether oxygens (including phenoxy) is 1. The van der Waals surface area contributed by atoms with Crippen LogP contribution in [0.3, 0.4) is 0 Å². The highest BCUT2D eigenvalue weighted by Gasteiger charge is 2.17. The number of halogens is 1. The molecule has 4 nitrogen and oxygen atoms in total. The molecule has 0 unspecified atom stereocenters. The van der Waals surface area contributed by atoms with Crippen molar-refractivity contribution in [1.29, 1.82) is 0 Å². The van der Waals surface area contributed by atoms with E-state index in [-0.39, 0.29) is 30.1 Å². The summed E-state index contributed by atoms with van der Waals surface area (Å²) in [5, 5.41) is 4.33. The van der Waals surface area contributed by atoms with Crippen molar-refractivity contribution < 1.29 is 18.7 Å². The molecule has 0 saturated heterocycles. The topological polar surface area (TPSA) is 55.4 Å². The molecule has 1 amide bonds. The Morgan fingerprint density at radius 2 is 1.75 bits per heavy atom. The van der Waals surface area contributed by atoms with Crippen LogP contribution in [-0.4, -0.2) is 22.9 Å². The molecule has 0 bridgehead atoms. The van der Waals surface area contributed by atoms with Crippen molar-refractivity contribution in [2.75, 3.05) is 11.1 Å². The Morgan fingerprint density at radius 3 is 2.54 bits per heavy atom. The lowest BCUT2D eigenvalue weighted by molar-refractivity contribution is -0.143. The number of benzene rings is 3. The van der Waals surface area contributed by atoms with Gasteiger partial charge in [-0.3, -0.25) is 9.59 Å². The Hall–Kier alpha value is -2.86. The summed E-state index contributed by atoms with van der Waals surface area (Å²) in [6, 6.07) is 19.3. The molecular weight excluding hydrogens is 377 g/mol. The van der Waals surface area contributed by atoms with Crippen molar-refractivity contribution in [2.45, 2.75) is 18.8 Å². The molecule has 0 radical (unpaired) electrons. The lowest BCUT2D eigenvalue weighted by atomic mass is 10.1. The average molecular weight is 397 g/mol. The minimum Gasteiger partial charge on any atom is -0.460 e. The van der Waals surface area contributed by atoms with Gasteiger partial charge in [0.15, 0.2) is 0 Å². The van der Waals surface area contributed by atoms with Gasteiger partial charge in [-0.1, -0.05) is 42.5 Å². The highest BCUT2D eigenvalue weighted by atomic mass is 32.2. The molecule has 3 aromatic rings. The Labute approximate surface area is 167 Å². The van der Waals surface area contributed by atoms with Crippen LogP contribution in [-0.2, 0) is 20.9 Å². The van der Waals surface area contributed by atoms with Crippen molar-refractivity contribution >= 4 is 40.1 Å². The van der Waals surface area contributed by atoms with E-state index in [1.807, 2.05) is 42.5 Å². The van der Waals surface area contributed by atoms with Gasteiger partial charge in [0.05, 0.1) is 5.75 Å². The number of nitrogens with one attached hydrogen (secondary N) is 1. The second kappa shape index (κ2) is 9.37. The number of anilines is 1. The van der Waals surface area contributed by atoms with Gasteiger partial charge in [0.2, 0.25) is 5.91 Å². The summed E-state index contributed by atoms with van der Waals surface area (Å²) in [6.45, 7) is 1.90. The van der Waals surface area contributed by atoms with E-state index in [0.717, 1.165) is 16.3 Å². The van der Waals surface area contributed by atoms with Crippen LogP contribution in [0.25, 0.3) is 10.8 Å². The quantitative estimate of drug-likeness (QED) is 0.583. The average Bonchev–Trinajstić information content (AvgIpc) is 2.71. The van der Waals surface area contributed by atoms with Crippen LogP contribution in [0.1, 0.15) is 12.5 Å². The molecule has 0 aromatic heterocycles. The van der Waals surface area contributed by atoms with Crippen LogP contribution < -0.4 is 5.32 Å². The second-order valence-corrected chi connectivity index (χ2v) is 7.58. The van der Waals surface area contributed by atoms with Crippen LogP contribution in [0.4, 0.5) is 10.1 Å². The third kappa shape index (κ3) is 5.33. The summed E-state index contributed by atoms with van der Waals surface area (Å²) in [4.78, 5) is 24.2. The maximum Gasteiger partial charge on any atom is 0.319 e. The van der Waals surface area contributed by atoms with E-state index in [9.17, 15) is 14.0 Å². The molecule has 0 aliphatic carbocycles. The molecule has 144 valence electrons. The van der Waals surface area contributed by atoms with Crippen LogP contribution in [0.15, 0.2) is 66.7 Å². The normalized spacial score (nSPS) is 11.8. The molecule has 0 aliphatic heterocycles. The zero-order valence-electron chi connectivity index (χ0n) is 15.4. The summed E-state index contributed by atoms with van der Waals surface area (Å²) in [5.41, 5.74) is 1.45. The van der Waals surface area contributed by atoms with Gasteiger partial charge in [-0.05, 0) is 47.5 Å². The zero-order valence-corrected chi connectivity index (χ0v) is 16.2. The monoisotopic (exact) mass is 397 g/mol. The van der Waals surface area contributed by atoms with E-state index >= 15 is 0 Å². The summed E-state index contributed by atoms with van der Waals surface area (Å²) >= 11 is 1.19. The Morgan fingerprint density at radius 1 is 1.04 bits per heavy atom.